The molecule has 2 aromatic carbocycles. The minimum Gasteiger partial charge on any atom is -0.497 e. The Bertz CT molecular complexity index is 846. The lowest BCUT2D eigenvalue weighted by Crippen LogP contribution is -2.28. The molecular formula is C18H19N5O. The highest BCUT2D eigenvalue weighted by atomic mass is 16.5. The zero-order valence-electron chi connectivity index (χ0n) is 13.4. The van der Waals surface area contributed by atoms with E-state index in [1.165, 1.54) is 5.56 Å². The summed E-state index contributed by atoms with van der Waals surface area (Å²) in [5.41, 5.74) is 8.18. The standard InChI is InChI=1S/C18H19N5O/c1-24-14-9-5-8-13(10-14)16-11-15(12-6-3-2-4-7-12)20-18-21-17(19)22-23(16)18/h2-10,15-16H,11H2,1H3,(H3,19,20,21,22)/t15-,16-/m0/s1. The molecular weight excluding hydrogens is 302 g/mol. The molecule has 122 valence electrons. The maximum atomic E-state index is 5.83. The Kier molecular flexibility index (Phi) is 3.57. The van der Waals surface area contributed by atoms with Crippen LogP contribution < -0.4 is 15.8 Å². The van der Waals surface area contributed by atoms with Crippen molar-refractivity contribution >= 4 is 11.9 Å². The molecule has 2 atom stereocenters. The number of nitrogens with zero attached hydrogens (tertiary/aromatic N) is 3. The average molecular weight is 321 g/mol. The third kappa shape index (κ3) is 2.56. The molecule has 0 aliphatic carbocycles. The van der Waals surface area contributed by atoms with Gasteiger partial charge in [-0.15, -0.1) is 5.10 Å². The highest BCUT2D eigenvalue weighted by Gasteiger charge is 2.30. The predicted molar refractivity (Wildman–Crippen MR) is 93.0 cm³/mol. The minimum atomic E-state index is 0.0476. The minimum absolute atomic E-state index is 0.0476. The number of nitrogens with two attached hydrogens (primary N) is 1. The molecule has 0 saturated heterocycles. The van der Waals surface area contributed by atoms with Crippen molar-refractivity contribution in [3.05, 3.63) is 65.7 Å². The SMILES string of the molecule is COc1cccc([C@@H]2C[C@@H](c3ccccc3)Nc3nc(N)nn32)c1. The summed E-state index contributed by atoms with van der Waals surface area (Å²) in [6, 6.07) is 18.6. The molecule has 6 heteroatoms. The molecule has 3 N–H and O–H groups in total. The van der Waals surface area contributed by atoms with E-state index in [-0.39, 0.29) is 18.0 Å². The van der Waals surface area contributed by atoms with Crippen LogP contribution in [-0.2, 0) is 0 Å². The number of nitrogens with one attached hydrogen (secondary N) is 1. The van der Waals surface area contributed by atoms with Gasteiger partial charge in [0.05, 0.1) is 19.2 Å². The van der Waals surface area contributed by atoms with E-state index in [0.29, 0.717) is 5.95 Å². The van der Waals surface area contributed by atoms with E-state index in [2.05, 4.69) is 33.6 Å². The van der Waals surface area contributed by atoms with Crippen molar-refractivity contribution < 1.29 is 4.74 Å². The first kappa shape index (κ1) is 14.6. The van der Waals surface area contributed by atoms with Crippen LogP contribution in [0.2, 0.25) is 0 Å². The molecule has 1 aliphatic rings. The smallest absolute Gasteiger partial charge is 0.241 e. The van der Waals surface area contributed by atoms with E-state index in [9.17, 15) is 0 Å². The van der Waals surface area contributed by atoms with Gasteiger partial charge in [-0.05, 0) is 29.7 Å². The third-order valence-electron chi connectivity index (χ3n) is 4.39. The summed E-state index contributed by atoms with van der Waals surface area (Å²) >= 11 is 0. The molecule has 0 unspecified atom stereocenters. The van der Waals surface area contributed by atoms with Crippen molar-refractivity contribution in [1.29, 1.82) is 0 Å². The molecule has 6 nitrogen and oxygen atoms in total. The van der Waals surface area contributed by atoms with E-state index >= 15 is 0 Å². The van der Waals surface area contributed by atoms with Gasteiger partial charge >= 0.3 is 0 Å². The molecule has 2 heterocycles. The molecule has 24 heavy (non-hydrogen) atoms. The first-order valence-electron chi connectivity index (χ1n) is 7.92. The molecule has 0 radical (unpaired) electrons. The number of rotatable bonds is 3. The fraction of sp³-hybridized carbons (Fsp3) is 0.222. The Morgan fingerprint density at radius 2 is 1.92 bits per heavy atom. The Balaban J connectivity index is 1.76. The second-order valence-electron chi connectivity index (χ2n) is 5.87. The van der Waals surface area contributed by atoms with Gasteiger partial charge in [0.1, 0.15) is 5.75 Å². The lowest BCUT2D eigenvalue weighted by molar-refractivity contribution is 0.407. The van der Waals surface area contributed by atoms with Gasteiger partial charge < -0.3 is 15.8 Å². The number of fused-ring (bicyclic) bond motifs is 1. The van der Waals surface area contributed by atoms with Gasteiger partial charge in [-0.2, -0.15) is 4.98 Å². The lowest BCUT2D eigenvalue weighted by Gasteiger charge is -2.31. The number of ether oxygens (including phenoxy) is 1. The number of methoxy groups -OCH3 is 1. The number of hydrogen-bond acceptors (Lipinski definition) is 5. The van der Waals surface area contributed by atoms with Crippen LogP contribution in [0.5, 0.6) is 5.75 Å². The van der Waals surface area contributed by atoms with Crippen molar-refractivity contribution in [2.24, 2.45) is 0 Å². The van der Waals surface area contributed by atoms with Crippen LogP contribution in [0, 0.1) is 0 Å². The Labute approximate surface area is 140 Å². The summed E-state index contributed by atoms with van der Waals surface area (Å²) < 4.78 is 7.23. The van der Waals surface area contributed by atoms with Crippen LogP contribution in [-0.4, -0.2) is 21.9 Å². The van der Waals surface area contributed by atoms with Crippen molar-refractivity contribution in [3.63, 3.8) is 0 Å². The van der Waals surface area contributed by atoms with Crippen LogP contribution >= 0.6 is 0 Å². The molecule has 0 fully saturated rings. The first-order chi connectivity index (χ1) is 11.7. The predicted octanol–water partition coefficient (Wildman–Crippen LogP) is 3.02. The molecule has 1 aliphatic heterocycles. The second-order valence-corrected chi connectivity index (χ2v) is 5.87. The van der Waals surface area contributed by atoms with Crippen LogP contribution in [0.4, 0.5) is 11.9 Å². The average Bonchev–Trinajstić information content (AvgIpc) is 3.01. The summed E-state index contributed by atoms with van der Waals surface area (Å²) in [6.45, 7) is 0. The van der Waals surface area contributed by atoms with Crippen molar-refractivity contribution in [2.75, 3.05) is 18.2 Å². The van der Waals surface area contributed by atoms with Gasteiger partial charge in [-0.1, -0.05) is 42.5 Å². The molecule has 0 saturated carbocycles. The van der Waals surface area contributed by atoms with Crippen molar-refractivity contribution in [1.82, 2.24) is 14.8 Å². The summed E-state index contributed by atoms with van der Waals surface area (Å²) in [4.78, 5) is 4.33. The summed E-state index contributed by atoms with van der Waals surface area (Å²) in [5, 5.41) is 7.81. The Morgan fingerprint density at radius 3 is 2.71 bits per heavy atom. The number of benzene rings is 2. The van der Waals surface area contributed by atoms with Crippen molar-refractivity contribution in [3.8, 4) is 5.75 Å². The third-order valence-corrected chi connectivity index (χ3v) is 4.39. The maximum Gasteiger partial charge on any atom is 0.241 e. The monoisotopic (exact) mass is 321 g/mol. The van der Waals surface area contributed by atoms with Gasteiger partial charge in [0.25, 0.3) is 0 Å². The zero-order valence-corrected chi connectivity index (χ0v) is 13.4. The number of hydrogen-bond donors (Lipinski definition) is 2. The molecule has 4 rings (SSSR count). The van der Waals surface area contributed by atoms with E-state index in [0.717, 1.165) is 17.7 Å². The fourth-order valence-electron chi connectivity index (χ4n) is 3.22. The van der Waals surface area contributed by atoms with Crippen LogP contribution in [0.25, 0.3) is 0 Å². The topological polar surface area (TPSA) is 78.0 Å². The Hall–Kier alpha value is -3.02. The maximum absolute atomic E-state index is 5.83. The van der Waals surface area contributed by atoms with E-state index in [1.807, 2.05) is 41.1 Å². The van der Waals surface area contributed by atoms with Gasteiger partial charge in [0.15, 0.2) is 0 Å². The lowest BCUT2D eigenvalue weighted by atomic mass is 9.93. The quantitative estimate of drug-likeness (QED) is 0.775. The molecule has 0 amide bonds. The molecule has 0 spiro atoms. The summed E-state index contributed by atoms with van der Waals surface area (Å²) in [6.07, 6.45) is 0.854. The van der Waals surface area contributed by atoms with Crippen LogP contribution in [0.3, 0.4) is 0 Å². The number of anilines is 2. The highest BCUT2D eigenvalue weighted by Crippen LogP contribution is 2.38. The van der Waals surface area contributed by atoms with Crippen LogP contribution in [0.15, 0.2) is 54.6 Å². The van der Waals surface area contributed by atoms with E-state index < -0.39 is 0 Å². The zero-order chi connectivity index (χ0) is 16.5. The van der Waals surface area contributed by atoms with Gasteiger partial charge in [0.2, 0.25) is 11.9 Å². The molecule has 1 aromatic heterocycles. The summed E-state index contributed by atoms with van der Waals surface area (Å²) in [5.74, 6) is 1.80. The van der Waals surface area contributed by atoms with Crippen molar-refractivity contribution in [2.45, 2.75) is 18.5 Å². The van der Waals surface area contributed by atoms with E-state index in [1.54, 1.807) is 7.11 Å². The Morgan fingerprint density at radius 1 is 1.12 bits per heavy atom. The highest BCUT2D eigenvalue weighted by molar-refractivity contribution is 5.42. The summed E-state index contributed by atoms with van der Waals surface area (Å²) in [7, 11) is 1.67. The normalized spacial score (nSPS) is 19.4. The number of aromatic nitrogens is 3. The second kappa shape index (κ2) is 5.88. The molecule has 3 aromatic rings. The van der Waals surface area contributed by atoms with Crippen LogP contribution in [0.1, 0.15) is 29.6 Å². The molecule has 0 bridgehead atoms. The number of nitrogen functional groups attached to an aromatic ring is 1. The van der Waals surface area contributed by atoms with E-state index in [4.69, 9.17) is 10.5 Å². The first-order valence-corrected chi connectivity index (χ1v) is 7.92. The van der Waals surface area contributed by atoms with Gasteiger partial charge in [0, 0.05) is 0 Å². The van der Waals surface area contributed by atoms with Gasteiger partial charge in [-0.25, -0.2) is 4.68 Å². The fourth-order valence-corrected chi connectivity index (χ4v) is 3.22. The van der Waals surface area contributed by atoms with Gasteiger partial charge in [-0.3, -0.25) is 0 Å². The largest absolute Gasteiger partial charge is 0.497 e.